The quantitative estimate of drug-likeness (QED) is 0.0987. The first-order valence-corrected chi connectivity index (χ1v) is 17.3. The highest BCUT2D eigenvalue weighted by atomic mass is 35.5. The summed E-state index contributed by atoms with van der Waals surface area (Å²) in [4.78, 5) is 15.6. The fourth-order valence-corrected chi connectivity index (χ4v) is 5.92. The fourth-order valence-electron chi connectivity index (χ4n) is 5.70. The van der Waals surface area contributed by atoms with E-state index >= 15 is 0 Å². The topological polar surface area (TPSA) is 33.4 Å². The lowest BCUT2D eigenvalue weighted by Gasteiger charge is -2.26. The molecular weight excluding hydrogens is 564 g/mol. The smallest absolute Gasteiger partial charge is 0.255 e. The van der Waals surface area contributed by atoms with Gasteiger partial charge < -0.3 is 9.64 Å². The van der Waals surface area contributed by atoms with Crippen LogP contribution in [0.5, 0.6) is 5.75 Å². The molecule has 2 aromatic carbocycles. The second-order valence-corrected chi connectivity index (χ2v) is 13.7. The molecule has 1 heterocycles. The molecule has 0 aliphatic carbocycles. The molecule has 0 spiro atoms. The van der Waals surface area contributed by atoms with Gasteiger partial charge in [-0.2, -0.15) is 0 Å². The Bertz CT molecular complexity index is 1280. The molecule has 0 atom stereocenters. The number of ether oxygens (including phenoxy) is 1. The van der Waals surface area contributed by atoms with Gasteiger partial charge in [-0.05, 0) is 53.3 Å². The molecule has 44 heavy (non-hydrogen) atoms. The van der Waals surface area contributed by atoms with Crippen molar-refractivity contribution in [1.82, 2.24) is 4.90 Å². The molecule has 0 unspecified atom stereocenters. The van der Waals surface area contributed by atoms with Crippen molar-refractivity contribution in [3.8, 4) is 5.75 Å². The number of aromatic nitrogens is 1. The molecular formula is C39H56ClN2O2+. The lowest BCUT2D eigenvalue weighted by atomic mass is 9.85. The number of halogens is 1. The van der Waals surface area contributed by atoms with Crippen LogP contribution >= 0.6 is 11.6 Å². The summed E-state index contributed by atoms with van der Waals surface area (Å²) in [5.74, 6) is 0.870. The molecule has 3 rings (SSSR count). The van der Waals surface area contributed by atoms with Crippen LogP contribution in [-0.4, -0.2) is 17.4 Å². The van der Waals surface area contributed by atoms with Gasteiger partial charge in [-0.15, -0.1) is 0 Å². The number of unbranched alkanes of at least 4 members (excludes halogenated alkanes) is 11. The number of carbonyl (C=O) groups is 1. The third-order valence-electron chi connectivity index (χ3n) is 8.25. The highest BCUT2D eigenvalue weighted by Gasteiger charge is 2.23. The fraction of sp³-hybridized carbons (Fsp3) is 0.538. The molecule has 0 fully saturated rings. The molecule has 0 saturated heterocycles. The first kappa shape index (κ1) is 35.6. The van der Waals surface area contributed by atoms with Gasteiger partial charge in [0.15, 0.2) is 12.4 Å². The van der Waals surface area contributed by atoms with Crippen molar-refractivity contribution in [2.75, 3.05) is 6.61 Å². The van der Waals surface area contributed by atoms with Crippen molar-refractivity contribution in [1.29, 1.82) is 0 Å². The number of aryl methyl sites for hydroxylation is 1. The average molecular weight is 620 g/mol. The van der Waals surface area contributed by atoms with E-state index in [1.165, 1.54) is 76.2 Å². The van der Waals surface area contributed by atoms with Crippen LogP contribution in [0, 0.1) is 0 Å². The van der Waals surface area contributed by atoms with E-state index in [1.54, 1.807) is 12.1 Å². The molecule has 1 aromatic heterocycles. The Morgan fingerprint density at radius 1 is 0.795 bits per heavy atom. The maximum Gasteiger partial charge on any atom is 0.255 e. The molecule has 1 amide bonds. The van der Waals surface area contributed by atoms with Crippen molar-refractivity contribution in [3.63, 3.8) is 0 Å². The Labute approximate surface area is 272 Å². The van der Waals surface area contributed by atoms with E-state index in [0.29, 0.717) is 23.7 Å². The zero-order valence-electron chi connectivity index (χ0n) is 28.0. The van der Waals surface area contributed by atoms with Gasteiger partial charge in [0, 0.05) is 18.2 Å². The largest absolute Gasteiger partial charge is 0.493 e. The maximum atomic E-state index is 13.8. The normalized spacial score (nSPS) is 11.5. The molecule has 0 aliphatic rings. The van der Waals surface area contributed by atoms with E-state index in [2.05, 4.69) is 58.2 Å². The standard InChI is InChI=1S/C39H56ClN2O2/c1-6-7-8-9-10-11-12-13-14-15-16-19-27-44-37-25-24-32(28-35(37)39(2,3)4)30-42(31-33-21-20-26-41(5)29-33)38(43)34-22-17-18-23-36(34)40/h17-18,20-26,28-29H,6-16,19,27,30-31H2,1-5H3/q+1. The minimum absolute atomic E-state index is 0.0771. The Morgan fingerprint density at radius 2 is 1.41 bits per heavy atom. The number of rotatable bonds is 19. The molecule has 0 saturated carbocycles. The summed E-state index contributed by atoms with van der Waals surface area (Å²) in [5, 5.41) is 0.470. The van der Waals surface area contributed by atoms with E-state index in [1.807, 2.05) is 40.9 Å². The highest BCUT2D eigenvalue weighted by molar-refractivity contribution is 6.33. The van der Waals surface area contributed by atoms with E-state index < -0.39 is 0 Å². The Balaban J connectivity index is 1.59. The second kappa shape index (κ2) is 18.8. The van der Waals surface area contributed by atoms with Gasteiger partial charge in [0.2, 0.25) is 0 Å². The molecule has 0 radical (unpaired) electrons. The van der Waals surface area contributed by atoms with Crippen LogP contribution in [0.4, 0.5) is 0 Å². The zero-order chi connectivity index (χ0) is 31.8. The van der Waals surface area contributed by atoms with E-state index in [4.69, 9.17) is 16.3 Å². The summed E-state index contributed by atoms with van der Waals surface area (Å²) in [6.07, 6.45) is 20.1. The summed E-state index contributed by atoms with van der Waals surface area (Å²) in [6.45, 7) is 10.6. The molecule has 5 heteroatoms. The summed E-state index contributed by atoms with van der Waals surface area (Å²) >= 11 is 6.46. The highest BCUT2D eigenvalue weighted by Crippen LogP contribution is 2.33. The number of nitrogens with zero attached hydrogens (tertiary/aromatic N) is 2. The average Bonchev–Trinajstić information content (AvgIpc) is 2.99. The summed E-state index contributed by atoms with van der Waals surface area (Å²) in [6, 6.07) is 17.8. The summed E-state index contributed by atoms with van der Waals surface area (Å²) in [7, 11) is 2.00. The molecule has 0 bridgehead atoms. The second-order valence-electron chi connectivity index (χ2n) is 13.3. The van der Waals surface area contributed by atoms with Crippen LogP contribution in [0.2, 0.25) is 5.02 Å². The van der Waals surface area contributed by atoms with Gasteiger partial charge in [0.05, 0.1) is 23.7 Å². The third kappa shape index (κ3) is 12.3. The molecule has 3 aromatic rings. The van der Waals surface area contributed by atoms with Crippen molar-refractivity contribution in [2.45, 2.75) is 123 Å². The molecule has 0 N–H and O–H groups in total. The lowest BCUT2D eigenvalue weighted by Crippen LogP contribution is -2.33. The van der Waals surface area contributed by atoms with Gasteiger partial charge in [0.25, 0.3) is 5.91 Å². The third-order valence-corrected chi connectivity index (χ3v) is 8.58. The minimum atomic E-state index is -0.0906. The van der Waals surface area contributed by atoms with Crippen molar-refractivity contribution in [3.05, 3.63) is 94.3 Å². The van der Waals surface area contributed by atoms with Gasteiger partial charge in [-0.1, -0.05) is 128 Å². The first-order valence-electron chi connectivity index (χ1n) is 16.9. The minimum Gasteiger partial charge on any atom is -0.493 e. The van der Waals surface area contributed by atoms with Crippen molar-refractivity contribution in [2.24, 2.45) is 7.05 Å². The molecule has 4 nitrogen and oxygen atoms in total. The lowest BCUT2D eigenvalue weighted by molar-refractivity contribution is -0.672. The van der Waals surface area contributed by atoms with Crippen LogP contribution in [0.25, 0.3) is 0 Å². The SMILES string of the molecule is CCCCCCCCCCCCCCOc1ccc(CN(Cc2ccc[n+](C)c2)C(=O)c2ccccc2Cl)cc1C(C)(C)C. The van der Waals surface area contributed by atoms with Gasteiger partial charge in [-0.3, -0.25) is 4.79 Å². The molecule has 0 aliphatic heterocycles. The number of hydrogen-bond acceptors (Lipinski definition) is 2. The molecule has 240 valence electrons. The monoisotopic (exact) mass is 619 g/mol. The van der Waals surface area contributed by atoms with Crippen LogP contribution in [0.15, 0.2) is 67.0 Å². The zero-order valence-corrected chi connectivity index (χ0v) is 28.8. The number of hydrogen-bond donors (Lipinski definition) is 0. The van der Waals surface area contributed by atoms with E-state index in [9.17, 15) is 4.79 Å². The van der Waals surface area contributed by atoms with E-state index in [-0.39, 0.29) is 11.3 Å². The first-order chi connectivity index (χ1) is 21.2. The predicted molar refractivity (Wildman–Crippen MR) is 184 cm³/mol. The van der Waals surface area contributed by atoms with E-state index in [0.717, 1.165) is 29.9 Å². The Morgan fingerprint density at radius 3 is 2.02 bits per heavy atom. The summed E-state index contributed by atoms with van der Waals surface area (Å²) in [5.41, 5.74) is 3.74. The number of amides is 1. The number of carbonyl (C=O) groups excluding carboxylic acids is 1. The maximum absolute atomic E-state index is 13.8. The van der Waals surface area contributed by atoms with Crippen molar-refractivity contribution < 1.29 is 14.1 Å². The van der Waals surface area contributed by atoms with Crippen LogP contribution in [-0.2, 0) is 25.6 Å². The van der Waals surface area contributed by atoms with Gasteiger partial charge in [-0.25, -0.2) is 4.57 Å². The van der Waals surface area contributed by atoms with Gasteiger partial charge in [0.1, 0.15) is 12.8 Å². The number of benzene rings is 2. The number of pyridine rings is 1. The van der Waals surface area contributed by atoms with Crippen LogP contribution < -0.4 is 9.30 Å². The van der Waals surface area contributed by atoms with Crippen LogP contribution in [0.3, 0.4) is 0 Å². The van der Waals surface area contributed by atoms with Crippen molar-refractivity contribution >= 4 is 17.5 Å². The predicted octanol–water partition coefficient (Wildman–Crippen LogP) is 10.4. The Kier molecular flexibility index (Phi) is 15.3. The summed E-state index contributed by atoms with van der Waals surface area (Å²) < 4.78 is 8.36. The van der Waals surface area contributed by atoms with Gasteiger partial charge >= 0.3 is 0 Å². The van der Waals surface area contributed by atoms with Crippen LogP contribution in [0.1, 0.15) is 132 Å². The Hall–Kier alpha value is -2.85.